The number of amides is 1. The maximum atomic E-state index is 11.2. The van der Waals surface area contributed by atoms with E-state index in [1.165, 1.54) is 38.9 Å². The normalized spacial score (nSPS) is 22.1. The number of benzene rings is 1. The number of nitrogens with one attached hydrogen (secondary N) is 1. The Morgan fingerprint density at radius 2 is 1.78 bits per heavy atom. The minimum absolute atomic E-state index is 0.0584. The molecule has 23 heavy (non-hydrogen) atoms. The fourth-order valence-electron chi connectivity index (χ4n) is 2.90. The van der Waals surface area contributed by atoms with Gasteiger partial charge in [0.1, 0.15) is 11.5 Å². The smallest absolute Gasteiger partial charge is 0.412 e. The first-order valence-corrected chi connectivity index (χ1v) is 8.41. The Morgan fingerprint density at radius 1 is 1.17 bits per heavy atom. The first kappa shape index (κ1) is 17.6. The Labute approximate surface area is 139 Å². The molecule has 1 amide bonds. The topological polar surface area (TPSA) is 50.8 Å². The van der Waals surface area contributed by atoms with Crippen LogP contribution in [-0.4, -0.2) is 43.8 Å². The molecule has 1 aromatic rings. The number of nitrogens with zero attached hydrogens (tertiary/aromatic N) is 1. The van der Waals surface area contributed by atoms with Crippen molar-refractivity contribution in [2.75, 3.05) is 26.7 Å². The highest BCUT2D eigenvalue weighted by atomic mass is 16.6. The number of rotatable bonds is 3. The highest BCUT2D eigenvalue weighted by Crippen LogP contribution is 2.26. The zero-order valence-electron chi connectivity index (χ0n) is 14.4. The summed E-state index contributed by atoms with van der Waals surface area (Å²) < 4.78 is 10.0. The van der Waals surface area contributed by atoms with Crippen molar-refractivity contribution in [3.63, 3.8) is 0 Å². The van der Waals surface area contributed by atoms with Crippen molar-refractivity contribution in [1.82, 2.24) is 10.2 Å². The van der Waals surface area contributed by atoms with Gasteiger partial charge in [0.2, 0.25) is 0 Å². The molecule has 3 aliphatic heterocycles. The van der Waals surface area contributed by atoms with E-state index in [1.54, 1.807) is 31.4 Å². The lowest BCUT2D eigenvalue weighted by molar-refractivity contribution is 0.111. The Bertz CT molecular complexity index is 474. The summed E-state index contributed by atoms with van der Waals surface area (Å²) >= 11 is 0. The molecule has 3 heterocycles. The standard InChI is InChI=1S/C11H15NO3.C7H13N/c1-8(2)12-11(13)15-10-6-4-5-9(7-10)14-3;1-4-8-5-2-7(1)3-6-8/h4-8H,1-3H3,(H,12,13);7H,1-6H2. The number of carbonyl (C=O) groups excluding carboxylic acids is 1. The van der Waals surface area contributed by atoms with Gasteiger partial charge in [-0.25, -0.2) is 4.79 Å². The van der Waals surface area contributed by atoms with Crippen LogP contribution < -0.4 is 14.8 Å². The molecule has 1 aromatic carbocycles. The summed E-state index contributed by atoms with van der Waals surface area (Å²) in [4.78, 5) is 13.8. The van der Waals surface area contributed by atoms with Gasteiger partial charge in [0.25, 0.3) is 0 Å². The number of hydrogen-bond donors (Lipinski definition) is 1. The number of fused-ring (bicyclic) bond motifs is 3. The van der Waals surface area contributed by atoms with E-state index in [1.807, 2.05) is 13.8 Å². The number of ether oxygens (including phenoxy) is 2. The van der Waals surface area contributed by atoms with Gasteiger partial charge in [-0.3, -0.25) is 0 Å². The highest BCUT2D eigenvalue weighted by molar-refractivity contribution is 5.70. The van der Waals surface area contributed by atoms with Crippen LogP contribution in [0.4, 0.5) is 4.79 Å². The van der Waals surface area contributed by atoms with Gasteiger partial charge in [-0.15, -0.1) is 0 Å². The Morgan fingerprint density at radius 3 is 2.22 bits per heavy atom. The van der Waals surface area contributed by atoms with E-state index in [0.717, 1.165) is 5.92 Å². The van der Waals surface area contributed by atoms with Gasteiger partial charge in [-0.1, -0.05) is 6.07 Å². The van der Waals surface area contributed by atoms with Crippen molar-refractivity contribution < 1.29 is 14.3 Å². The SMILES string of the molecule is C1CN2CCC1CC2.COc1cccc(OC(=O)NC(C)C)c1. The summed E-state index contributed by atoms with van der Waals surface area (Å²) in [6.45, 7) is 7.92. The number of piperidine rings is 3. The molecule has 5 nitrogen and oxygen atoms in total. The van der Waals surface area contributed by atoms with Crippen LogP contribution in [0.25, 0.3) is 0 Å². The summed E-state index contributed by atoms with van der Waals surface area (Å²) in [6, 6.07) is 6.95. The quantitative estimate of drug-likeness (QED) is 0.928. The maximum absolute atomic E-state index is 11.2. The third kappa shape index (κ3) is 6.10. The van der Waals surface area contributed by atoms with Gasteiger partial charge in [-0.05, 0) is 70.8 Å². The van der Waals surface area contributed by atoms with Gasteiger partial charge in [0.15, 0.2) is 0 Å². The summed E-state index contributed by atoms with van der Waals surface area (Å²) in [7, 11) is 1.56. The summed E-state index contributed by atoms with van der Waals surface area (Å²) in [5, 5.41) is 2.63. The van der Waals surface area contributed by atoms with Crippen LogP contribution in [0.5, 0.6) is 11.5 Å². The second kappa shape index (κ2) is 8.77. The molecule has 0 spiro atoms. The monoisotopic (exact) mass is 320 g/mol. The van der Waals surface area contributed by atoms with Crippen molar-refractivity contribution in [3.8, 4) is 11.5 Å². The van der Waals surface area contributed by atoms with Gasteiger partial charge in [0, 0.05) is 12.1 Å². The van der Waals surface area contributed by atoms with Crippen molar-refractivity contribution in [2.24, 2.45) is 5.92 Å². The molecule has 3 fully saturated rings. The summed E-state index contributed by atoms with van der Waals surface area (Å²) in [6.07, 6.45) is 4.00. The lowest BCUT2D eigenvalue weighted by Gasteiger charge is -2.38. The van der Waals surface area contributed by atoms with Crippen LogP contribution in [0.15, 0.2) is 24.3 Å². The third-order valence-corrected chi connectivity index (χ3v) is 4.22. The largest absolute Gasteiger partial charge is 0.497 e. The molecule has 0 aromatic heterocycles. The van der Waals surface area contributed by atoms with E-state index in [9.17, 15) is 4.79 Å². The van der Waals surface area contributed by atoms with Crippen LogP contribution in [0, 0.1) is 5.92 Å². The van der Waals surface area contributed by atoms with Crippen molar-refractivity contribution in [1.29, 1.82) is 0 Å². The molecule has 1 N–H and O–H groups in total. The molecule has 5 heteroatoms. The lowest BCUT2D eigenvalue weighted by Crippen LogP contribution is -2.41. The predicted octanol–water partition coefficient (Wildman–Crippen LogP) is 3.29. The second-order valence-electron chi connectivity index (χ2n) is 6.44. The van der Waals surface area contributed by atoms with E-state index < -0.39 is 6.09 Å². The van der Waals surface area contributed by atoms with Crippen LogP contribution in [-0.2, 0) is 0 Å². The molecule has 0 saturated carbocycles. The van der Waals surface area contributed by atoms with Gasteiger partial charge in [-0.2, -0.15) is 0 Å². The van der Waals surface area contributed by atoms with E-state index in [-0.39, 0.29) is 6.04 Å². The first-order chi connectivity index (χ1) is 11.1. The second-order valence-corrected chi connectivity index (χ2v) is 6.44. The Balaban J connectivity index is 0.000000198. The molecule has 128 valence electrons. The van der Waals surface area contributed by atoms with Crippen LogP contribution >= 0.6 is 0 Å². The fraction of sp³-hybridized carbons (Fsp3) is 0.611. The maximum Gasteiger partial charge on any atom is 0.412 e. The molecule has 0 atom stereocenters. The van der Waals surface area contributed by atoms with Gasteiger partial charge < -0.3 is 19.7 Å². The van der Waals surface area contributed by atoms with Crippen LogP contribution in [0.1, 0.15) is 33.1 Å². The molecule has 4 rings (SSSR count). The molecular formula is C18H28N2O3. The molecule has 0 unspecified atom stereocenters. The van der Waals surface area contributed by atoms with Gasteiger partial charge >= 0.3 is 6.09 Å². The van der Waals surface area contributed by atoms with Crippen molar-refractivity contribution in [3.05, 3.63) is 24.3 Å². The molecular weight excluding hydrogens is 292 g/mol. The molecule has 0 aliphatic carbocycles. The van der Waals surface area contributed by atoms with E-state index in [4.69, 9.17) is 9.47 Å². The number of carbonyl (C=O) groups is 1. The minimum atomic E-state index is -0.460. The Hall–Kier alpha value is -1.75. The first-order valence-electron chi connectivity index (χ1n) is 8.41. The van der Waals surface area contributed by atoms with Crippen LogP contribution in [0.3, 0.4) is 0 Å². The highest BCUT2D eigenvalue weighted by Gasteiger charge is 2.24. The fourth-order valence-corrected chi connectivity index (χ4v) is 2.90. The average Bonchev–Trinajstić information content (AvgIpc) is 2.56. The molecule has 3 aliphatic rings. The zero-order valence-corrected chi connectivity index (χ0v) is 14.4. The minimum Gasteiger partial charge on any atom is -0.497 e. The number of methoxy groups -OCH3 is 1. The predicted molar refractivity (Wildman–Crippen MR) is 91.1 cm³/mol. The van der Waals surface area contributed by atoms with E-state index in [0.29, 0.717) is 11.5 Å². The van der Waals surface area contributed by atoms with Gasteiger partial charge in [0.05, 0.1) is 7.11 Å². The van der Waals surface area contributed by atoms with Crippen molar-refractivity contribution in [2.45, 2.75) is 39.2 Å². The lowest BCUT2D eigenvalue weighted by atomic mass is 9.89. The summed E-state index contributed by atoms with van der Waals surface area (Å²) in [5.41, 5.74) is 0. The van der Waals surface area contributed by atoms with E-state index in [2.05, 4.69) is 10.2 Å². The van der Waals surface area contributed by atoms with Crippen molar-refractivity contribution >= 4 is 6.09 Å². The van der Waals surface area contributed by atoms with Crippen LogP contribution in [0.2, 0.25) is 0 Å². The molecule has 2 bridgehead atoms. The average molecular weight is 320 g/mol. The Kier molecular flexibility index (Phi) is 6.71. The number of hydrogen-bond acceptors (Lipinski definition) is 4. The van der Waals surface area contributed by atoms with E-state index >= 15 is 0 Å². The zero-order chi connectivity index (χ0) is 16.7. The summed E-state index contributed by atoms with van der Waals surface area (Å²) in [5.74, 6) is 2.23. The molecule has 3 saturated heterocycles. The molecule has 0 radical (unpaired) electrons. The third-order valence-electron chi connectivity index (χ3n) is 4.22.